The van der Waals surface area contributed by atoms with Crippen LogP contribution in [0.1, 0.15) is 31.1 Å². The Kier molecular flexibility index (Phi) is 9.39. The predicted octanol–water partition coefficient (Wildman–Crippen LogP) is 3.64. The van der Waals surface area contributed by atoms with Crippen molar-refractivity contribution in [2.75, 3.05) is 26.1 Å². The molecule has 0 aliphatic rings. The SMILES string of the molecule is CCO[Si](COC(=O)c1ccc(I)cc1I)(OCC)OCC. The highest BCUT2D eigenvalue weighted by Gasteiger charge is 2.42. The second-order valence-electron chi connectivity index (χ2n) is 4.18. The first kappa shape index (κ1) is 20.3. The summed E-state index contributed by atoms with van der Waals surface area (Å²) in [6.07, 6.45) is 0.0173. The third-order valence-electron chi connectivity index (χ3n) is 2.62. The number of carbonyl (C=O) groups excluding carboxylic acids is 1. The van der Waals surface area contributed by atoms with Gasteiger partial charge in [0.25, 0.3) is 0 Å². The second-order valence-corrected chi connectivity index (χ2v) is 9.11. The fourth-order valence-corrected chi connectivity index (χ4v) is 5.75. The van der Waals surface area contributed by atoms with Crippen molar-refractivity contribution in [1.29, 1.82) is 0 Å². The van der Waals surface area contributed by atoms with Crippen LogP contribution in [0.5, 0.6) is 0 Å². The van der Waals surface area contributed by atoms with Gasteiger partial charge in [-0.05, 0) is 84.2 Å². The summed E-state index contributed by atoms with van der Waals surface area (Å²) in [5, 5.41) is 0. The highest BCUT2D eigenvalue weighted by atomic mass is 127. The lowest BCUT2D eigenvalue weighted by Crippen LogP contribution is -2.51. The number of hydrogen-bond donors (Lipinski definition) is 0. The molecule has 0 unspecified atom stereocenters. The molecule has 5 nitrogen and oxygen atoms in total. The van der Waals surface area contributed by atoms with Crippen molar-refractivity contribution in [2.24, 2.45) is 0 Å². The zero-order chi connectivity index (χ0) is 16.6. The van der Waals surface area contributed by atoms with Crippen molar-refractivity contribution < 1.29 is 22.8 Å². The van der Waals surface area contributed by atoms with Gasteiger partial charge in [0.2, 0.25) is 0 Å². The number of benzene rings is 1. The van der Waals surface area contributed by atoms with Gasteiger partial charge in [-0.2, -0.15) is 0 Å². The summed E-state index contributed by atoms with van der Waals surface area (Å²) in [5.74, 6) is -0.392. The van der Waals surface area contributed by atoms with E-state index in [2.05, 4.69) is 45.2 Å². The first-order valence-electron chi connectivity index (χ1n) is 7.02. The summed E-state index contributed by atoms with van der Waals surface area (Å²) >= 11 is 4.33. The molecule has 1 rings (SSSR count). The molecule has 22 heavy (non-hydrogen) atoms. The minimum absolute atomic E-state index is 0.0173. The minimum atomic E-state index is -2.97. The van der Waals surface area contributed by atoms with Crippen LogP contribution >= 0.6 is 45.2 Å². The molecular weight excluding hydrogens is 530 g/mol. The van der Waals surface area contributed by atoms with Crippen LogP contribution in [-0.2, 0) is 18.0 Å². The van der Waals surface area contributed by atoms with Crippen molar-refractivity contribution in [3.8, 4) is 0 Å². The third-order valence-corrected chi connectivity index (χ3v) is 6.87. The van der Waals surface area contributed by atoms with Crippen LogP contribution in [0.2, 0.25) is 0 Å². The smallest absolute Gasteiger partial charge is 0.457 e. The Morgan fingerprint density at radius 1 is 1.05 bits per heavy atom. The average molecular weight is 550 g/mol. The average Bonchev–Trinajstić information content (AvgIpc) is 2.46. The fraction of sp³-hybridized carbons (Fsp3) is 0.500. The molecule has 0 aliphatic heterocycles. The maximum atomic E-state index is 12.3. The molecule has 0 aliphatic carbocycles. The lowest BCUT2D eigenvalue weighted by Gasteiger charge is -2.27. The molecule has 1 aromatic rings. The second kappa shape index (κ2) is 10.2. The zero-order valence-corrected chi connectivity index (χ0v) is 18.2. The van der Waals surface area contributed by atoms with E-state index in [-0.39, 0.29) is 6.23 Å². The fourth-order valence-electron chi connectivity index (χ4n) is 1.80. The number of esters is 1. The normalized spacial score (nSPS) is 11.5. The highest BCUT2D eigenvalue weighted by molar-refractivity contribution is 14.1. The van der Waals surface area contributed by atoms with Crippen LogP contribution in [0.4, 0.5) is 0 Å². The lowest BCUT2D eigenvalue weighted by atomic mass is 10.2. The van der Waals surface area contributed by atoms with E-state index in [1.807, 2.05) is 32.9 Å². The van der Waals surface area contributed by atoms with E-state index in [4.69, 9.17) is 18.0 Å². The topological polar surface area (TPSA) is 54.0 Å². The Morgan fingerprint density at radius 3 is 2.05 bits per heavy atom. The van der Waals surface area contributed by atoms with E-state index in [9.17, 15) is 4.79 Å². The van der Waals surface area contributed by atoms with Gasteiger partial charge in [0.05, 0.1) is 5.56 Å². The Labute approximate surface area is 159 Å². The Hall–Kier alpha value is 0.247. The number of carbonyl (C=O) groups is 1. The van der Waals surface area contributed by atoms with Crippen molar-refractivity contribution in [3.63, 3.8) is 0 Å². The van der Waals surface area contributed by atoms with Crippen LogP contribution < -0.4 is 0 Å². The molecule has 0 aromatic heterocycles. The van der Waals surface area contributed by atoms with Gasteiger partial charge in [0.15, 0.2) is 6.23 Å². The summed E-state index contributed by atoms with van der Waals surface area (Å²) in [7, 11) is -2.97. The zero-order valence-electron chi connectivity index (χ0n) is 12.9. The van der Waals surface area contributed by atoms with E-state index in [1.54, 1.807) is 6.07 Å². The minimum Gasteiger partial charge on any atom is -0.457 e. The van der Waals surface area contributed by atoms with Crippen molar-refractivity contribution in [1.82, 2.24) is 0 Å². The number of rotatable bonds is 9. The van der Waals surface area contributed by atoms with Gasteiger partial charge in [0, 0.05) is 27.0 Å². The van der Waals surface area contributed by atoms with E-state index in [0.717, 1.165) is 7.14 Å². The van der Waals surface area contributed by atoms with Crippen molar-refractivity contribution in [3.05, 3.63) is 30.9 Å². The Balaban J connectivity index is 2.80. The van der Waals surface area contributed by atoms with Crippen LogP contribution in [-0.4, -0.2) is 40.8 Å². The molecule has 8 heteroatoms. The molecule has 0 radical (unpaired) electrons. The molecule has 0 fully saturated rings. The molecular formula is C14H20I2O5Si. The summed E-state index contributed by atoms with van der Waals surface area (Å²) in [6, 6.07) is 5.56. The van der Waals surface area contributed by atoms with E-state index < -0.39 is 14.8 Å². The van der Waals surface area contributed by atoms with Crippen molar-refractivity contribution >= 4 is 60.0 Å². The maximum Gasteiger partial charge on any atom is 0.540 e. The Morgan fingerprint density at radius 2 is 1.59 bits per heavy atom. The summed E-state index contributed by atoms with van der Waals surface area (Å²) in [6.45, 7) is 6.94. The van der Waals surface area contributed by atoms with Gasteiger partial charge in [-0.25, -0.2) is 4.79 Å². The van der Waals surface area contributed by atoms with Gasteiger partial charge >= 0.3 is 14.8 Å². The molecule has 0 spiro atoms. The molecule has 0 saturated carbocycles. The van der Waals surface area contributed by atoms with Gasteiger partial charge in [-0.1, -0.05) is 0 Å². The van der Waals surface area contributed by atoms with Gasteiger partial charge < -0.3 is 18.0 Å². The molecule has 0 N–H and O–H groups in total. The summed E-state index contributed by atoms with van der Waals surface area (Å²) < 4.78 is 24.3. The molecule has 0 saturated heterocycles. The number of ether oxygens (including phenoxy) is 1. The van der Waals surface area contributed by atoms with Crippen molar-refractivity contribution in [2.45, 2.75) is 20.8 Å². The molecule has 124 valence electrons. The Bertz CT molecular complexity index is 481. The molecule has 0 bridgehead atoms. The van der Waals surface area contributed by atoms with Crippen LogP contribution in [0.25, 0.3) is 0 Å². The maximum absolute atomic E-state index is 12.3. The molecule has 0 atom stereocenters. The quantitative estimate of drug-likeness (QED) is 0.267. The van der Waals surface area contributed by atoms with Crippen LogP contribution in [0.15, 0.2) is 18.2 Å². The predicted molar refractivity (Wildman–Crippen MR) is 103 cm³/mol. The van der Waals surface area contributed by atoms with Crippen LogP contribution in [0.3, 0.4) is 0 Å². The van der Waals surface area contributed by atoms with Gasteiger partial charge in [-0.15, -0.1) is 0 Å². The molecule has 1 aromatic carbocycles. The number of hydrogen-bond acceptors (Lipinski definition) is 5. The van der Waals surface area contributed by atoms with Crippen LogP contribution in [0, 0.1) is 7.14 Å². The summed E-state index contributed by atoms with van der Waals surface area (Å²) in [4.78, 5) is 12.3. The van der Waals surface area contributed by atoms with Gasteiger partial charge in [0.1, 0.15) is 0 Å². The van der Waals surface area contributed by atoms with Gasteiger partial charge in [-0.3, -0.25) is 0 Å². The number of halogens is 2. The molecule has 0 heterocycles. The largest absolute Gasteiger partial charge is 0.540 e. The standard InChI is InChI=1S/C14H20I2O5Si/c1-4-19-22(20-5-2,21-6-3)10-18-14(17)12-8-7-11(15)9-13(12)16/h7-9H,4-6,10H2,1-3H3. The monoisotopic (exact) mass is 550 g/mol. The third kappa shape index (κ3) is 6.04. The molecule has 0 amide bonds. The summed E-state index contributed by atoms with van der Waals surface area (Å²) in [5.41, 5.74) is 0.536. The highest BCUT2D eigenvalue weighted by Crippen LogP contribution is 2.18. The lowest BCUT2D eigenvalue weighted by molar-refractivity contribution is 0.0247. The first-order chi connectivity index (χ1) is 10.5. The van der Waals surface area contributed by atoms with E-state index >= 15 is 0 Å². The first-order valence-corrected chi connectivity index (χ1v) is 11.1. The van der Waals surface area contributed by atoms with E-state index in [0.29, 0.717) is 25.4 Å². The van der Waals surface area contributed by atoms with E-state index in [1.165, 1.54) is 0 Å².